The van der Waals surface area contributed by atoms with E-state index in [1.165, 1.54) is 0 Å². The lowest BCUT2D eigenvalue weighted by molar-refractivity contribution is 0.168. The number of nitrogen functional groups attached to an aromatic ring is 1. The van der Waals surface area contributed by atoms with E-state index >= 15 is 0 Å². The molecule has 0 atom stereocenters. The molecular formula is C16H19N3O2S. The lowest BCUT2D eigenvalue weighted by Gasteiger charge is -2.11. The van der Waals surface area contributed by atoms with Crippen molar-refractivity contribution in [3.63, 3.8) is 0 Å². The summed E-state index contributed by atoms with van der Waals surface area (Å²) in [7, 11) is 0. The van der Waals surface area contributed by atoms with Crippen molar-refractivity contribution in [2.75, 3.05) is 23.0 Å². The van der Waals surface area contributed by atoms with Crippen LogP contribution in [0.4, 0.5) is 21.9 Å². The van der Waals surface area contributed by atoms with Crippen LogP contribution in [0.25, 0.3) is 0 Å². The van der Waals surface area contributed by atoms with E-state index in [4.69, 9.17) is 10.5 Å². The minimum absolute atomic E-state index is 0.316. The van der Waals surface area contributed by atoms with E-state index in [1.54, 1.807) is 19.1 Å². The van der Waals surface area contributed by atoms with Gasteiger partial charge >= 0.3 is 6.09 Å². The third-order valence-electron chi connectivity index (χ3n) is 3.00. The van der Waals surface area contributed by atoms with Gasteiger partial charge in [0.05, 0.1) is 18.0 Å². The highest BCUT2D eigenvalue weighted by Gasteiger charge is 2.06. The average Bonchev–Trinajstić information content (AvgIpc) is 2.49. The van der Waals surface area contributed by atoms with Crippen LogP contribution >= 0.6 is 12.6 Å². The van der Waals surface area contributed by atoms with Gasteiger partial charge in [-0.15, -0.1) is 12.6 Å². The molecule has 0 saturated carbocycles. The largest absolute Gasteiger partial charge is 0.450 e. The van der Waals surface area contributed by atoms with E-state index in [0.717, 1.165) is 16.1 Å². The van der Waals surface area contributed by atoms with Gasteiger partial charge in [-0.3, -0.25) is 5.32 Å². The summed E-state index contributed by atoms with van der Waals surface area (Å²) in [6.45, 7) is 2.74. The molecule has 2 aromatic carbocycles. The summed E-state index contributed by atoms with van der Waals surface area (Å²) in [6, 6.07) is 13.3. The SMILES string of the molecule is CCOC(=O)Nc1ccc(NCc2ccc(S)cc2)cc1N. The van der Waals surface area contributed by atoms with Crippen LogP contribution in [0.2, 0.25) is 0 Å². The Bertz CT molecular complexity index is 644. The maximum atomic E-state index is 11.4. The van der Waals surface area contributed by atoms with Crippen LogP contribution in [0.3, 0.4) is 0 Å². The topological polar surface area (TPSA) is 76.4 Å². The summed E-state index contributed by atoms with van der Waals surface area (Å²) in [5.41, 5.74) is 8.96. The zero-order valence-electron chi connectivity index (χ0n) is 12.3. The monoisotopic (exact) mass is 317 g/mol. The fourth-order valence-electron chi connectivity index (χ4n) is 1.88. The molecule has 0 aliphatic carbocycles. The summed E-state index contributed by atoms with van der Waals surface area (Å²) in [5, 5.41) is 5.87. The molecule has 22 heavy (non-hydrogen) atoms. The summed E-state index contributed by atoms with van der Waals surface area (Å²) in [4.78, 5) is 12.3. The van der Waals surface area contributed by atoms with Gasteiger partial charge in [0.2, 0.25) is 0 Å². The third kappa shape index (κ3) is 4.60. The Labute approximate surface area is 135 Å². The number of nitrogens with two attached hydrogens (primary N) is 1. The molecule has 1 amide bonds. The first-order valence-electron chi connectivity index (χ1n) is 6.93. The number of rotatable bonds is 5. The number of nitrogens with one attached hydrogen (secondary N) is 2. The molecule has 2 rings (SSSR count). The third-order valence-corrected chi connectivity index (χ3v) is 3.29. The second-order valence-electron chi connectivity index (χ2n) is 4.67. The number of anilines is 3. The molecule has 0 heterocycles. The summed E-state index contributed by atoms with van der Waals surface area (Å²) in [5.74, 6) is 0. The molecule has 0 radical (unpaired) electrons. The minimum atomic E-state index is -0.512. The number of carbonyl (C=O) groups is 1. The van der Waals surface area contributed by atoms with Gasteiger partial charge in [-0.2, -0.15) is 0 Å². The van der Waals surface area contributed by atoms with E-state index in [-0.39, 0.29) is 0 Å². The molecule has 5 nitrogen and oxygen atoms in total. The van der Waals surface area contributed by atoms with Crippen LogP contribution < -0.4 is 16.4 Å². The molecule has 0 unspecified atom stereocenters. The van der Waals surface area contributed by atoms with Crippen molar-refractivity contribution in [2.24, 2.45) is 0 Å². The molecule has 0 aliphatic rings. The van der Waals surface area contributed by atoms with E-state index in [2.05, 4.69) is 23.3 Å². The lowest BCUT2D eigenvalue weighted by atomic mass is 10.2. The predicted molar refractivity (Wildman–Crippen MR) is 92.5 cm³/mol. The normalized spacial score (nSPS) is 10.1. The number of amides is 1. The van der Waals surface area contributed by atoms with Crippen LogP contribution in [-0.4, -0.2) is 12.7 Å². The maximum absolute atomic E-state index is 11.4. The fourth-order valence-corrected chi connectivity index (χ4v) is 2.03. The highest BCUT2D eigenvalue weighted by atomic mass is 32.1. The molecule has 116 valence electrons. The van der Waals surface area contributed by atoms with Gasteiger partial charge in [-0.1, -0.05) is 12.1 Å². The first-order chi connectivity index (χ1) is 10.6. The van der Waals surface area contributed by atoms with E-state index < -0.39 is 6.09 Å². The van der Waals surface area contributed by atoms with E-state index in [0.29, 0.717) is 24.5 Å². The minimum Gasteiger partial charge on any atom is -0.450 e. The van der Waals surface area contributed by atoms with Crippen molar-refractivity contribution in [3.05, 3.63) is 48.0 Å². The van der Waals surface area contributed by atoms with Crippen molar-refractivity contribution >= 4 is 35.8 Å². The van der Waals surface area contributed by atoms with E-state index in [1.807, 2.05) is 30.3 Å². The van der Waals surface area contributed by atoms with Crippen molar-refractivity contribution in [3.8, 4) is 0 Å². The standard InChI is InChI=1S/C16H19N3O2S/c1-2-21-16(20)19-15-8-5-12(9-14(15)17)18-10-11-3-6-13(22)7-4-11/h3-9,18,22H,2,10,17H2,1H3,(H,19,20). The summed E-state index contributed by atoms with van der Waals surface area (Å²) in [6.07, 6.45) is -0.512. The first kappa shape index (κ1) is 16.0. The highest BCUT2D eigenvalue weighted by Crippen LogP contribution is 2.23. The second-order valence-corrected chi connectivity index (χ2v) is 5.18. The fraction of sp³-hybridized carbons (Fsp3) is 0.188. The Morgan fingerprint density at radius 3 is 2.59 bits per heavy atom. The lowest BCUT2D eigenvalue weighted by Crippen LogP contribution is -2.14. The Morgan fingerprint density at radius 1 is 1.23 bits per heavy atom. The average molecular weight is 317 g/mol. The van der Waals surface area contributed by atoms with Gasteiger partial charge < -0.3 is 15.8 Å². The van der Waals surface area contributed by atoms with Crippen molar-refractivity contribution < 1.29 is 9.53 Å². The predicted octanol–water partition coefficient (Wildman–Crippen LogP) is 3.74. The molecular weight excluding hydrogens is 298 g/mol. The zero-order chi connectivity index (χ0) is 15.9. The molecule has 0 spiro atoms. The van der Waals surface area contributed by atoms with Gasteiger partial charge in [-0.05, 0) is 42.8 Å². The summed E-state index contributed by atoms with van der Waals surface area (Å²) < 4.78 is 4.82. The van der Waals surface area contributed by atoms with Crippen molar-refractivity contribution in [1.82, 2.24) is 0 Å². The molecule has 4 N–H and O–H groups in total. The van der Waals surface area contributed by atoms with Crippen molar-refractivity contribution in [2.45, 2.75) is 18.4 Å². The molecule has 6 heteroatoms. The number of hydrogen-bond donors (Lipinski definition) is 4. The zero-order valence-corrected chi connectivity index (χ0v) is 13.2. The van der Waals surface area contributed by atoms with Crippen LogP contribution in [0, 0.1) is 0 Å². The first-order valence-corrected chi connectivity index (χ1v) is 7.38. The van der Waals surface area contributed by atoms with Gasteiger partial charge in [-0.25, -0.2) is 4.79 Å². The second kappa shape index (κ2) is 7.61. The highest BCUT2D eigenvalue weighted by molar-refractivity contribution is 7.80. The van der Waals surface area contributed by atoms with Crippen LogP contribution in [0.1, 0.15) is 12.5 Å². The number of benzene rings is 2. The number of hydrogen-bond acceptors (Lipinski definition) is 5. The summed E-state index contributed by atoms with van der Waals surface area (Å²) >= 11 is 4.25. The molecule has 0 aliphatic heterocycles. The Kier molecular flexibility index (Phi) is 5.55. The van der Waals surface area contributed by atoms with Gasteiger partial charge in [0.1, 0.15) is 0 Å². The Hall–Kier alpha value is -2.34. The molecule has 0 bridgehead atoms. The van der Waals surface area contributed by atoms with Crippen LogP contribution in [0.5, 0.6) is 0 Å². The van der Waals surface area contributed by atoms with Crippen LogP contribution in [0.15, 0.2) is 47.4 Å². The molecule has 0 saturated heterocycles. The van der Waals surface area contributed by atoms with Gasteiger partial charge in [0.25, 0.3) is 0 Å². The number of carbonyl (C=O) groups excluding carboxylic acids is 1. The molecule has 0 fully saturated rings. The quantitative estimate of drug-likeness (QED) is 0.500. The number of thiol groups is 1. The van der Waals surface area contributed by atoms with Gasteiger partial charge in [0.15, 0.2) is 0 Å². The molecule has 2 aromatic rings. The maximum Gasteiger partial charge on any atom is 0.411 e. The Morgan fingerprint density at radius 2 is 1.95 bits per heavy atom. The van der Waals surface area contributed by atoms with Crippen molar-refractivity contribution in [1.29, 1.82) is 0 Å². The smallest absolute Gasteiger partial charge is 0.411 e. The number of ether oxygens (including phenoxy) is 1. The molecule has 0 aromatic heterocycles. The van der Waals surface area contributed by atoms with Gasteiger partial charge in [0, 0.05) is 17.1 Å². The van der Waals surface area contributed by atoms with E-state index in [9.17, 15) is 4.79 Å². The van der Waals surface area contributed by atoms with Crippen LogP contribution in [-0.2, 0) is 11.3 Å². The Balaban J connectivity index is 1.97.